The van der Waals surface area contributed by atoms with Crippen molar-refractivity contribution >= 4 is 11.1 Å². The number of aliphatic hydroxyl groups excluding tert-OH is 1. The number of likely N-dealkylation sites (tertiary alicyclic amines) is 1. The van der Waals surface area contributed by atoms with E-state index >= 15 is 0 Å². The lowest BCUT2D eigenvalue weighted by atomic mass is 9.85. The first kappa shape index (κ1) is 24.3. The van der Waals surface area contributed by atoms with Crippen LogP contribution in [0, 0.1) is 0 Å². The number of piperidine rings is 1. The summed E-state index contributed by atoms with van der Waals surface area (Å²) in [4.78, 5) is 2.57. The first-order valence-electron chi connectivity index (χ1n) is 12.6. The second kappa shape index (κ2) is 11.5. The van der Waals surface area contributed by atoms with E-state index in [2.05, 4.69) is 73.3 Å². The van der Waals surface area contributed by atoms with E-state index in [0.29, 0.717) is 18.4 Å². The summed E-state index contributed by atoms with van der Waals surface area (Å²) >= 11 is 0. The molecule has 3 aromatic carbocycles. The number of rotatable bonds is 8. The molecule has 0 bridgehead atoms. The quantitative estimate of drug-likeness (QED) is 0.371. The van der Waals surface area contributed by atoms with Gasteiger partial charge in [0.05, 0.1) is 0 Å². The first-order chi connectivity index (χ1) is 16.6. The van der Waals surface area contributed by atoms with Gasteiger partial charge in [0, 0.05) is 12.6 Å². The normalized spacial score (nSPS) is 16.0. The van der Waals surface area contributed by atoms with Gasteiger partial charge in [0.25, 0.3) is 0 Å². The second-order valence-corrected chi connectivity index (χ2v) is 9.62. The topological polar surface area (TPSA) is 43.7 Å². The Kier molecular flexibility index (Phi) is 8.21. The SMILES string of the molecule is CC(C)N1CCC(c2ccc(/C(=C(/CCCO)c3ccccc3)c3cccc(O)c3)cc2)CC1. The average molecular weight is 456 g/mol. The van der Waals surface area contributed by atoms with Crippen molar-refractivity contribution in [2.24, 2.45) is 0 Å². The lowest BCUT2D eigenvalue weighted by Crippen LogP contribution is -2.37. The van der Waals surface area contributed by atoms with Gasteiger partial charge in [-0.15, -0.1) is 0 Å². The van der Waals surface area contributed by atoms with E-state index in [1.54, 1.807) is 6.07 Å². The van der Waals surface area contributed by atoms with Gasteiger partial charge in [-0.3, -0.25) is 0 Å². The predicted molar refractivity (Wildman–Crippen MR) is 142 cm³/mol. The Morgan fingerprint density at radius 2 is 1.53 bits per heavy atom. The van der Waals surface area contributed by atoms with E-state index in [4.69, 9.17) is 0 Å². The Morgan fingerprint density at radius 1 is 0.853 bits per heavy atom. The summed E-state index contributed by atoms with van der Waals surface area (Å²) in [6.07, 6.45) is 3.87. The van der Waals surface area contributed by atoms with Crippen LogP contribution in [0.1, 0.15) is 67.7 Å². The van der Waals surface area contributed by atoms with Crippen molar-refractivity contribution in [3.8, 4) is 5.75 Å². The zero-order valence-corrected chi connectivity index (χ0v) is 20.5. The van der Waals surface area contributed by atoms with E-state index in [-0.39, 0.29) is 12.4 Å². The number of benzene rings is 3. The molecule has 4 rings (SSSR count). The number of allylic oxidation sites excluding steroid dienone is 1. The minimum absolute atomic E-state index is 0.150. The van der Waals surface area contributed by atoms with E-state index < -0.39 is 0 Å². The van der Waals surface area contributed by atoms with Crippen LogP contribution >= 0.6 is 0 Å². The Morgan fingerprint density at radius 3 is 2.15 bits per heavy atom. The van der Waals surface area contributed by atoms with Crippen molar-refractivity contribution in [2.45, 2.75) is 51.5 Å². The van der Waals surface area contributed by atoms with Gasteiger partial charge in [-0.1, -0.05) is 66.7 Å². The zero-order valence-electron chi connectivity index (χ0n) is 20.5. The van der Waals surface area contributed by atoms with Gasteiger partial charge in [-0.05, 0) is 104 Å². The summed E-state index contributed by atoms with van der Waals surface area (Å²) < 4.78 is 0. The molecule has 2 N–H and O–H groups in total. The van der Waals surface area contributed by atoms with E-state index in [0.717, 1.165) is 41.8 Å². The highest BCUT2D eigenvalue weighted by Crippen LogP contribution is 2.37. The van der Waals surface area contributed by atoms with Crippen molar-refractivity contribution < 1.29 is 10.2 Å². The minimum atomic E-state index is 0.150. The molecule has 0 saturated carbocycles. The maximum atomic E-state index is 10.2. The standard InChI is InChI=1S/C31H37NO2/c1-23(2)32-19-17-25(18-20-32)24-13-15-27(16-14-24)31(28-10-6-11-29(34)22-28)30(12-7-21-33)26-8-4-3-5-9-26/h3-6,8-11,13-16,22-23,25,33-34H,7,12,17-21H2,1-2H3/b31-30+. The van der Waals surface area contributed by atoms with E-state index in [1.807, 2.05) is 18.2 Å². The molecule has 3 nitrogen and oxygen atoms in total. The van der Waals surface area contributed by atoms with Crippen molar-refractivity contribution in [2.75, 3.05) is 19.7 Å². The summed E-state index contributed by atoms with van der Waals surface area (Å²) in [5.41, 5.74) is 7.02. The van der Waals surface area contributed by atoms with Crippen molar-refractivity contribution in [1.29, 1.82) is 0 Å². The Bertz CT molecular complexity index is 1080. The highest BCUT2D eigenvalue weighted by molar-refractivity contribution is 5.98. The highest BCUT2D eigenvalue weighted by Gasteiger charge is 2.22. The molecule has 1 aliphatic rings. The van der Waals surface area contributed by atoms with Gasteiger partial charge in [0.2, 0.25) is 0 Å². The van der Waals surface area contributed by atoms with Crippen LogP contribution in [0.4, 0.5) is 0 Å². The van der Waals surface area contributed by atoms with Crippen molar-refractivity contribution in [3.05, 3.63) is 101 Å². The summed E-state index contributed by atoms with van der Waals surface area (Å²) in [6.45, 7) is 7.05. The molecule has 0 spiro atoms. The number of hydrogen-bond donors (Lipinski definition) is 2. The Hall–Kier alpha value is -2.88. The van der Waals surface area contributed by atoms with Crippen LogP contribution < -0.4 is 0 Å². The van der Waals surface area contributed by atoms with Crippen LogP contribution in [0.5, 0.6) is 5.75 Å². The van der Waals surface area contributed by atoms with Crippen molar-refractivity contribution in [3.63, 3.8) is 0 Å². The van der Waals surface area contributed by atoms with Crippen LogP contribution in [-0.4, -0.2) is 40.9 Å². The van der Waals surface area contributed by atoms with Gasteiger partial charge < -0.3 is 15.1 Å². The molecule has 3 heteroatoms. The number of aliphatic hydroxyl groups is 1. The van der Waals surface area contributed by atoms with Gasteiger partial charge >= 0.3 is 0 Å². The molecule has 34 heavy (non-hydrogen) atoms. The molecule has 1 fully saturated rings. The van der Waals surface area contributed by atoms with Crippen molar-refractivity contribution in [1.82, 2.24) is 4.90 Å². The largest absolute Gasteiger partial charge is 0.508 e. The Labute approximate surface area is 204 Å². The lowest BCUT2D eigenvalue weighted by Gasteiger charge is -2.34. The van der Waals surface area contributed by atoms with Crippen LogP contribution in [0.3, 0.4) is 0 Å². The summed E-state index contributed by atoms with van der Waals surface area (Å²) in [6, 6.07) is 27.6. The molecular weight excluding hydrogens is 418 g/mol. The second-order valence-electron chi connectivity index (χ2n) is 9.62. The number of hydrogen-bond acceptors (Lipinski definition) is 3. The number of phenolic OH excluding ortho intramolecular Hbond substituents is 1. The fourth-order valence-electron chi connectivity index (χ4n) is 5.16. The Balaban J connectivity index is 1.73. The third-order valence-electron chi connectivity index (χ3n) is 7.07. The molecule has 0 radical (unpaired) electrons. The summed E-state index contributed by atoms with van der Waals surface area (Å²) in [5, 5.41) is 19.8. The fourth-order valence-corrected chi connectivity index (χ4v) is 5.16. The fraction of sp³-hybridized carbons (Fsp3) is 0.355. The molecule has 1 saturated heterocycles. The minimum Gasteiger partial charge on any atom is -0.508 e. The smallest absolute Gasteiger partial charge is 0.116 e. The monoisotopic (exact) mass is 455 g/mol. The first-order valence-corrected chi connectivity index (χ1v) is 12.6. The van der Waals surface area contributed by atoms with Crippen LogP contribution in [0.2, 0.25) is 0 Å². The van der Waals surface area contributed by atoms with Crippen LogP contribution in [0.25, 0.3) is 11.1 Å². The number of nitrogens with zero attached hydrogens (tertiary/aromatic N) is 1. The van der Waals surface area contributed by atoms with E-state index in [1.165, 1.54) is 24.0 Å². The van der Waals surface area contributed by atoms with Gasteiger partial charge in [-0.25, -0.2) is 0 Å². The molecule has 0 atom stereocenters. The van der Waals surface area contributed by atoms with Gasteiger partial charge in [0.15, 0.2) is 0 Å². The van der Waals surface area contributed by atoms with Crippen LogP contribution in [-0.2, 0) is 0 Å². The third-order valence-corrected chi connectivity index (χ3v) is 7.07. The molecule has 0 aromatic heterocycles. The molecule has 3 aromatic rings. The molecular formula is C31H37NO2. The average Bonchev–Trinajstić information content (AvgIpc) is 2.87. The molecule has 1 aliphatic heterocycles. The molecule has 0 amide bonds. The summed E-state index contributed by atoms with van der Waals surface area (Å²) in [5.74, 6) is 0.873. The highest BCUT2D eigenvalue weighted by atomic mass is 16.3. The van der Waals surface area contributed by atoms with Gasteiger partial charge in [-0.2, -0.15) is 0 Å². The molecule has 178 valence electrons. The number of aromatic hydroxyl groups is 1. The molecule has 1 heterocycles. The zero-order chi connectivity index (χ0) is 23.9. The molecule has 0 aliphatic carbocycles. The maximum Gasteiger partial charge on any atom is 0.116 e. The van der Waals surface area contributed by atoms with E-state index in [9.17, 15) is 10.2 Å². The van der Waals surface area contributed by atoms with Crippen LogP contribution in [0.15, 0.2) is 78.9 Å². The lowest BCUT2D eigenvalue weighted by molar-refractivity contribution is 0.172. The molecule has 0 unspecified atom stereocenters. The number of phenols is 1. The predicted octanol–water partition coefficient (Wildman–Crippen LogP) is 6.71. The third kappa shape index (κ3) is 5.78. The van der Waals surface area contributed by atoms with Gasteiger partial charge in [0.1, 0.15) is 5.75 Å². The maximum absolute atomic E-state index is 10.2. The summed E-state index contributed by atoms with van der Waals surface area (Å²) in [7, 11) is 0.